The average Bonchev–Trinajstić information content (AvgIpc) is 2.75. The van der Waals surface area contributed by atoms with Gasteiger partial charge in [0.05, 0.1) is 16.4 Å². The van der Waals surface area contributed by atoms with E-state index < -0.39 is 32.2 Å². The van der Waals surface area contributed by atoms with E-state index in [4.69, 9.17) is 0 Å². The SMILES string of the molecule is O=C(NCC1CCS(=O)(=O)C1)c1cc(F)ccc1[N+](=O)[O-]. The summed E-state index contributed by atoms with van der Waals surface area (Å²) >= 11 is 0. The number of amides is 1. The molecule has 1 fully saturated rings. The van der Waals surface area contributed by atoms with E-state index in [1.165, 1.54) is 0 Å². The molecule has 1 atom stereocenters. The van der Waals surface area contributed by atoms with Crippen molar-refractivity contribution in [3.05, 3.63) is 39.7 Å². The van der Waals surface area contributed by atoms with Gasteiger partial charge in [-0.2, -0.15) is 0 Å². The van der Waals surface area contributed by atoms with Crippen molar-refractivity contribution >= 4 is 21.4 Å². The fourth-order valence-electron chi connectivity index (χ4n) is 2.21. The summed E-state index contributed by atoms with van der Waals surface area (Å²) in [6.45, 7) is 0.0890. The van der Waals surface area contributed by atoms with Crippen LogP contribution in [0.3, 0.4) is 0 Å². The minimum Gasteiger partial charge on any atom is -0.352 e. The van der Waals surface area contributed by atoms with E-state index >= 15 is 0 Å². The number of benzene rings is 1. The molecule has 0 aromatic heterocycles. The van der Waals surface area contributed by atoms with Crippen LogP contribution in [0.15, 0.2) is 18.2 Å². The Balaban J connectivity index is 2.07. The summed E-state index contributed by atoms with van der Waals surface area (Å²) in [6.07, 6.45) is 0.438. The Morgan fingerprint density at radius 1 is 1.48 bits per heavy atom. The fourth-order valence-corrected chi connectivity index (χ4v) is 4.08. The Morgan fingerprint density at radius 3 is 2.76 bits per heavy atom. The molecule has 114 valence electrons. The van der Waals surface area contributed by atoms with Gasteiger partial charge in [0, 0.05) is 12.6 Å². The Kier molecular flexibility index (Phi) is 4.21. The Hall–Kier alpha value is -2.03. The van der Waals surface area contributed by atoms with Crippen LogP contribution in [0.5, 0.6) is 0 Å². The van der Waals surface area contributed by atoms with E-state index in [1.54, 1.807) is 0 Å². The summed E-state index contributed by atoms with van der Waals surface area (Å²) in [5.41, 5.74) is -0.867. The molecule has 1 unspecified atom stereocenters. The number of nitrogens with zero attached hydrogens (tertiary/aromatic N) is 1. The summed E-state index contributed by atoms with van der Waals surface area (Å²) in [6, 6.07) is 2.61. The zero-order chi connectivity index (χ0) is 15.6. The largest absolute Gasteiger partial charge is 0.352 e. The number of rotatable bonds is 4. The average molecular weight is 316 g/mol. The molecule has 0 saturated carbocycles. The summed E-state index contributed by atoms with van der Waals surface area (Å²) in [5, 5.41) is 13.2. The van der Waals surface area contributed by atoms with Crippen molar-refractivity contribution in [1.29, 1.82) is 0 Å². The van der Waals surface area contributed by atoms with Gasteiger partial charge in [0.25, 0.3) is 11.6 Å². The van der Waals surface area contributed by atoms with Crippen molar-refractivity contribution in [3.8, 4) is 0 Å². The predicted octanol–water partition coefficient (Wildman–Crippen LogP) is 0.898. The molecule has 0 bridgehead atoms. The van der Waals surface area contributed by atoms with Gasteiger partial charge in [0.2, 0.25) is 0 Å². The number of nitro groups is 1. The Labute approximate surface area is 120 Å². The van der Waals surface area contributed by atoms with Gasteiger partial charge in [-0.1, -0.05) is 0 Å². The van der Waals surface area contributed by atoms with Gasteiger partial charge >= 0.3 is 0 Å². The summed E-state index contributed by atoms with van der Waals surface area (Å²) < 4.78 is 35.7. The lowest BCUT2D eigenvalue weighted by Crippen LogP contribution is -2.30. The number of hydrogen-bond donors (Lipinski definition) is 1. The molecule has 0 radical (unpaired) electrons. The smallest absolute Gasteiger partial charge is 0.282 e. The molecule has 7 nitrogen and oxygen atoms in total. The lowest BCUT2D eigenvalue weighted by molar-refractivity contribution is -0.385. The molecule has 0 aliphatic carbocycles. The topological polar surface area (TPSA) is 106 Å². The number of nitrogens with one attached hydrogen (secondary N) is 1. The first-order valence-electron chi connectivity index (χ1n) is 6.21. The molecule has 9 heteroatoms. The number of nitro benzene ring substituents is 1. The van der Waals surface area contributed by atoms with E-state index in [0.29, 0.717) is 6.42 Å². The molecule has 1 aliphatic heterocycles. The lowest BCUT2D eigenvalue weighted by Gasteiger charge is -2.09. The third kappa shape index (κ3) is 3.75. The first kappa shape index (κ1) is 15.4. The minimum absolute atomic E-state index is 0.0154. The van der Waals surface area contributed by atoms with E-state index in [0.717, 1.165) is 18.2 Å². The Morgan fingerprint density at radius 2 is 2.19 bits per heavy atom. The molecule has 0 spiro atoms. The molecule has 1 aliphatic rings. The van der Waals surface area contributed by atoms with Crippen molar-refractivity contribution in [2.75, 3.05) is 18.1 Å². The van der Waals surface area contributed by atoms with Crippen LogP contribution in [0, 0.1) is 21.8 Å². The van der Waals surface area contributed by atoms with Gasteiger partial charge in [-0.25, -0.2) is 12.8 Å². The monoisotopic (exact) mass is 316 g/mol. The second-order valence-electron chi connectivity index (χ2n) is 4.90. The second kappa shape index (κ2) is 5.76. The van der Waals surface area contributed by atoms with Crippen molar-refractivity contribution in [1.82, 2.24) is 5.32 Å². The number of hydrogen-bond acceptors (Lipinski definition) is 5. The predicted molar refractivity (Wildman–Crippen MR) is 72.1 cm³/mol. The number of sulfone groups is 1. The van der Waals surface area contributed by atoms with Crippen molar-refractivity contribution < 1.29 is 22.5 Å². The molecule has 1 N–H and O–H groups in total. The highest BCUT2D eigenvalue weighted by Crippen LogP contribution is 2.21. The van der Waals surface area contributed by atoms with Crippen LogP contribution in [-0.2, 0) is 9.84 Å². The summed E-state index contributed by atoms with van der Waals surface area (Å²) in [7, 11) is -3.06. The maximum Gasteiger partial charge on any atom is 0.282 e. The highest BCUT2D eigenvalue weighted by Gasteiger charge is 2.29. The zero-order valence-electron chi connectivity index (χ0n) is 10.9. The molecular weight excluding hydrogens is 303 g/mol. The normalized spacial score (nSPS) is 20.1. The van der Waals surface area contributed by atoms with Gasteiger partial charge < -0.3 is 5.32 Å². The minimum atomic E-state index is -3.06. The maximum absolute atomic E-state index is 13.1. The second-order valence-corrected chi connectivity index (χ2v) is 7.13. The van der Waals surface area contributed by atoms with Gasteiger partial charge in [-0.05, 0) is 24.5 Å². The van der Waals surface area contributed by atoms with Crippen molar-refractivity contribution in [2.24, 2.45) is 5.92 Å². The molecule has 1 aromatic rings. The molecule has 21 heavy (non-hydrogen) atoms. The first-order valence-corrected chi connectivity index (χ1v) is 8.03. The van der Waals surface area contributed by atoms with Gasteiger partial charge in [-0.15, -0.1) is 0 Å². The molecule has 2 rings (SSSR count). The van der Waals surface area contributed by atoms with Crippen molar-refractivity contribution in [2.45, 2.75) is 6.42 Å². The highest BCUT2D eigenvalue weighted by molar-refractivity contribution is 7.91. The van der Waals surface area contributed by atoms with Crippen LogP contribution in [-0.4, -0.2) is 37.3 Å². The van der Waals surface area contributed by atoms with E-state index in [2.05, 4.69) is 5.32 Å². The van der Waals surface area contributed by atoms with Crippen molar-refractivity contribution in [3.63, 3.8) is 0 Å². The quantitative estimate of drug-likeness (QED) is 0.656. The summed E-state index contributed by atoms with van der Waals surface area (Å²) in [5.74, 6) is -1.70. The van der Waals surface area contributed by atoms with Crippen LogP contribution in [0.1, 0.15) is 16.8 Å². The molecule has 1 amide bonds. The van der Waals surface area contributed by atoms with Crippen LogP contribution in [0.2, 0.25) is 0 Å². The van der Waals surface area contributed by atoms with Gasteiger partial charge in [0.1, 0.15) is 11.4 Å². The van der Waals surface area contributed by atoms with Gasteiger partial charge in [0.15, 0.2) is 9.84 Å². The first-order chi connectivity index (χ1) is 9.78. The zero-order valence-corrected chi connectivity index (χ0v) is 11.7. The maximum atomic E-state index is 13.1. The fraction of sp³-hybridized carbons (Fsp3) is 0.417. The van der Waals surface area contributed by atoms with Crippen LogP contribution in [0.4, 0.5) is 10.1 Å². The van der Waals surface area contributed by atoms with Crippen LogP contribution >= 0.6 is 0 Å². The number of carbonyl (C=O) groups is 1. The third-order valence-corrected chi connectivity index (χ3v) is 5.11. The van der Waals surface area contributed by atoms with Crippen LogP contribution in [0.25, 0.3) is 0 Å². The number of carbonyl (C=O) groups excluding carboxylic acids is 1. The van der Waals surface area contributed by atoms with E-state index in [9.17, 15) is 27.7 Å². The van der Waals surface area contributed by atoms with Crippen LogP contribution < -0.4 is 5.32 Å². The molecule has 1 heterocycles. The molecule has 1 saturated heterocycles. The third-order valence-electron chi connectivity index (χ3n) is 3.28. The number of halogens is 1. The highest BCUT2D eigenvalue weighted by atomic mass is 32.2. The summed E-state index contributed by atoms with van der Waals surface area (Å²) in [4.78, 5) is 21.9. The Bertz CT molecular complexity index is 689. The lowest BCUT2D eigenvalue weighted by atomic mass is 10.1. The van der Waals surface area contributed by atoms with Gasteiger partial charge in [-0.3, -0.25) is 14.9 Å². The van der Waals surface area contributed by atoms with E-state index in [1.807, 2.05) is 0 Å². The van der Waals surface area contributed by atoms with E-state index in [-0.39, 0.29) is 29.5 Å². The molecule has 1 aromatic carbocycles. The molecular formula is C12H13FN2O5S. The standard InChI is InChI=1S/C12H13FN2O5S/c13-9-1-2-11(15(17)18)10(5-9)12(16)14-6-8-3-4-21(19,20)7-8/h1-2,5,8H,3-4,6-7H2,(H,14,16).